The molecule has 8 heteroatoms. The molecule has 1 saturated carbocycles. The highest BCUT2D eigenvalue weighted by Crippen LogP contribution is 2.37. The van der Waals surface area contributed by atoms with Crippen molar-refractivity contribution >= 4 is 11.3 Å². The van der Waals surface area contributed by atoms with Crippen molar-refractivity contribution < 1.29 is 23.9 Å². The maximum atomic E-state index is 11.6. The molecular formula is C32H38N2O6. The molecule has 3 aromatic rings. The summed E-state index contributed by atoms with van der Waals surface area (Å²) in [5.41, 5.74) is 5.37. The zero-order chi connectivity index (χ0) is 28.5. The van der Waals surface area contributed by atoms with Crippen LogP contribution in [0.2, 0.25) is 0 Å². The number of rotatable bonds is 12. The summed E-state index contributed by atoms with van der Waals surface area (Å²) in [6.07, 6.45) is 5.87. The Morgan fingerprint density at radius 2 is 1.38 bits per heavy atom. The standard InChI is InChI=1S/C32H38N2O6/c1-33(2)18-19-39-27-14-10-24(11-15-27)32(23-8-6-5-7-9-23)25-12-16-28(17-13-25)40-22-26-20-30(37-3)31(38-4)21-29(26)34(35)36/h10-17,20-21H,5-9,18-19,22H2,1-4H3. The number of benzene rings is 3. The van der Waals surface area contributed by atoms with Gasteiger partial charge in [-0.05, 0) is 86.8 Å². The average molecular weight is 547 g/mol. The van der Waals surface area contributed by atoms with Crippen LogP contribution in [0, 0.1) is 10.1 Å². The highest BCUT2D eigenvalue weighted by atomic mass is 16.6. The van der Waals surface area contributed by atoms with Crippen molar-refractivity contribution in [3.8, 4) is 23.0 Å². The topological polar surface area (TPSA) is 83.3 Å². The third kappa shape index (κ3) is 7.33. The minimum Gasteiger partial charge on any atom is -0.493 e. The van der Waals surface area contributed by atoms with E-state index < -0.39 is 4.92 Å². The summed E-state index contributed by atoms with van der Waals surface area (Å²) in [4.78, 5) is 13.3. The molecule has 212 valence electrons. The van der Waals surface area contributed by atoms with Crippen LogP contribution in [0.4, 0.5) is 5.69 Å². The number of hydrogen-bond donors (Lipinski definition) is 0. The SMILES string of the molecule is COc1cc(COc2ccc(C(=C3CCCCC3)c3ccc(OCCN(C)C)cc3)cc2)c([N+](=O)[O-])cc1OC. The fraction of sp³-hybridized carbons (Fsp3) is 0.375. The van der Waals surface area contributed by atoms with Gasteiger partial charge in [-0.1, -0.05) is 36.3 Å². The Morgan fingerprint density at radius 1 is 0.825 bits per heavy atom. The minimum absolute atomic E-state index is 0.0270. The van der Waals surface area contributed by atoms with Gasteiger partial charge in [0, 0.05) is 6.54 Å². The Morgan fingerprint density at radius 3 is 1.90 bits per heavy atom. The molecular weight excluding hydrogens is 508 g/mol. The molecule has 8 nitrogen and oxygen atoms in total. The molecule has 1 aliphatic carbocycles. The fourth-order valence-corrected chi connectivity index (χ4v) is 4.94. The zero-order valence-corrected chi connectivity index (χ0v) is 23.8. The molecule has 0 spiro atoms. The van der Waals surface area contributed by atoms with Crippen molar-refractivity contribution in [2.75, 3.05) is 41.5 Å². The highest BCUT2D eigenvalue weighted by Gasteiger charge is 2.20. The van der Waals surface area contributed by atoms with E-state index in [1.807, 2.05) is 38.4 Å². The Balaban J connectivity index is 1.54. The molecule has 40 heavy (non-hydrogen) atoms. The van der Waals surface area contributed by atoms with Crippen LogP contribution in [0.25, 0.3) is 5.57 Å². The van der Waals surface area contributed by atoms with Crippen LogP contribution in [0.5, 0.6) is 23.0 Å². The molecule has 0 bridgehead atoms. The maximum Gasteiger partial charge on any atom is 0.280 e. The van der Waals surface area contributed by atoms with Gasteiger partial charge in [-0.15, -0.1) is 0 Å². The first-order chi connectivity index (χ1) is 19.4. The van der Waals surface area contributed by atoms with Gasteiger partial charge in [0.1, 0.15) is 24.7 Å². The van der Waals surface area contributed by atoms with Crippen molar-refractivity contribution in [3.05, 3.63) is 93.0 Å². The van der Waals surface area contributed by atoms with Crippen LogP contribution in [0.15, 0.2) is 66.2 Å². The van der Waals surface area contributed by atoms with Crippen molar-refractivity contribution in [2.45, 2.75) is 38.7 Å². The monoisotopic (exact) mass is 546 g/mol. The van der Waals surface area contributed by atoms with Gasteiger partial charge in [0.05, 0.1) is 30.8 Å². The lowest BCUT2D eigenvalue weighted by Gasteiger charge is -2.21. The van der Waals surface area contributed by atoms with E-state index in [0.29, 0.717) is 29.4 Å². The van der Waals surface area contributed by atoms with Crippen LogP contribution in [0.1, 0.15) is 48.8 Å². The molecule has 0 amide bonds. The normalized spacial score (nSPS) is 13.2. The van der Waals surface area contributed by atoms with Crippen molar-refractivity contribution in [1.82, 2.24) is 4.90 Å². The number of hydrogen-bond acceptors (Lipinski definition) is 7. The molecule has 1 aliphatic rings. The lowest BCUT2D eigenvalue weighted by Crippen LogP contribution is -2.19. The molecule has 4 rings (SSSR count). The Bertz CT molecular complexity index is 1310. The largest absolute Gasteiger partial charge is 0.493 e. The van der Waals surface area contributed by atoms with Crippen molar-refractivity contribution in [1.29, 1.82) is 0 Å². The van der Waals surface area contributed by atoms with Gasteiger partial charge < -0.3 is 23.8 Å². The molecule has 0 radical (unpaired) electrons. The highest BCUT2D eigenvalue weighted by molar-refractivity contribution is 5.82. The second kappa shape index (κ2) is 13.8. The van der Waals surface area contributed by atoms with Gasteiger partial charge in [-0.2, -0.15) is 0 Å². The average Bonchev–Trinajstić information content (AvgIpc) is 2.97. The van der Waals surface area contributed by atoms with Gasteiger partial charge in [0.25, 0.3) is 5.69 Å². The van der Waals surface area contributed by atoms with Crippen LogP contribution in [0.3, 0.4) is 0 Å². The molecule has 0 unspecified atom stereocenters. The van der Waals surface area contributed by atoms with Crippen LogP contribution in [-0.4, -0.2) is 51.3 Å². The second-order valence-electron chi connectivity index (χ2n) is 10.1. The maximum absolute atomic E-state index is 11.6. The number of nitro benzene ring substituents is 1. The van der Waals surface area contributed by atoms with E-state index in [2.05, 4.69) is 29.2 Å². The summed E-state index contributed by atoms with van der Waals surface area (Å²) in [5, 5.41) is 11.6. The number of likely N-dealkylation sites (N-methyl/N-ethyl adjacent to an activating group) is 1. The first-order valence-electron chi connectivity index (χ1n) is 13.6. The van der Waals surface area contributed by atoms with E-state index in [1.54, 1.807) is 6.07 Å². The second-order valence-corrected chi connectivity index (χ2v) is 10.1. The molecule has 0 N–H and O–H groups in total. The zero-order valence-electron chi connectivity index (χ0n) is 23.8. The van der Waals surface area contributed by atoms with Crippen molar-refractivity contribution in [2.24, 2.45) is 0 Å². The van der Waals surface area contributed by atoms with Gasteiger partial charge >= 0.3 is 0 Å². The fourth-order valence-electron chi connectivity index (χ4n) is 4.94. The minimum atomic E-state index is -0.440. The van der Waals surface area contributed by atoms with E-state index in [4.69, 9.17) is 18.9 Å². The first-order valence-corrected chi connectivity index (χ1v) is 13.6. The Kier molecular flexibility index (Phi) is 10.0. The number of nitrogens with zero attached hydrogens (tertiary/aromatic N) is 2. The van der Waals surface area contributed by atoms with Gasteiger partial charge in [-0.25, -0.2) is 0 Å². The van der Waals surface area contributed by atoms with E-state index in [-0.39, 0.29) is 12.3 Å². The summed E-state index contributed by atoms with van der Waals surface area (Å²) in [6.45, 7) is 1.54. The molecule has 0 saturated heterocycles. The molecule has 0 heterocycles. The lowest BCUT2D eigenvalue weighted by molar-refractivity contribution is -0.385. The van der Waals surface area contributed by atoms with E-state index in [9.17, 15) is 10.1 Å². The summed E-state index contributed by atoms with van der Waals surface area (Å²) in [7, 11) is 7.01. The van der Waals surface area contributed by atoms with Crippen LogP contribution < -0.4 is 18.9 Å². The molecule has 1 fully saturated rings. The Hall–Kier alpha value is -4.04. The predicted octanol–water partition coefficient (Wildman–Crippen LogP) is 6.90. The molecule has 0 aromatic heterocycles. The predicted molar refractivity (Wildman–Crippen MR) is 157 cm³/mol. The number of methoxy groups -OCH3 is 2. The van der Waals surface area contributed by atoms with Gasteiger partial charge in [0.15, 0.2) is 11.5 Å². The smallest absolute Gasteiger partial charge is 0.280 e. The van der Waals surface area contributed by atoms with Crippen molar-refractivity contribution in [3.63, 3.8) is 0 Å². The third-order valence-corrected chi connectivity index (χ3v) is 7.08. The van der Waals surface area contributed by atoms with Gasteiger partial charge in [-0.3, -0.25) is 10.1 Å². The first kappa shape index (κ1) is 29.0. The molecule has 0 aliphatic heterocycles. The summed E-state index contributed by atoms with van der Waals surface area (Å²) in [5.74, 6) is 2.22. The third-order valence-electron chi connectivity index (χ3n) is 7.08. The number of ether oxygens (including phenoxy) is 4. The van der Waals surface area contributed by atoms with Gasteiger partial charge in [0.2, 0.25) is 0 Å². The van der Waals surface area contributed by atoms with Crippen LogP contribution >= 0.6 is 0 Å². The van der Waals surface area contributed by atoms with E-state index in [1.165, 1.54) is 56.3 Å². The summed E-state index contributed by atoms with van der Waals surface area (Å²) < 4.78 is 22.4. The Labute approximate surface area is 236 Å². The van der Waals surface area contributed by atoms with Crippen LogP contribution in [-0.2, 0) is 6.61 Å². The number of nitro groups is 1. The molecule has 0 atom stereocenters. The van der Waals surface area contributed by atoms with E-state index in [0.717, 1.165) is 30.7 Å². The molecule has 3 aromatic carbocycles. The van der Waals surface area contributed by atoms with E-state index >= 15 is 0 Å². The lowest BCUT2D eigenvalue weighted by atomic mass is 9.85. The summed E-state index contributed by atoms with van der Waals surface area (Å²) in [6, 6.07) is 19.3. The summed E-state index contributed by atoms with van der Waals surface area (Å²) >= 11 is 0. The number of allylic oxidation sites excluding steroid dienone is 1. The quantitative estimate of drug-likeness (QED) is 0.181.